The normalized spacial score (nSPS) is 15.4. The fraction of sp³-hybridized carbons (Fsp3) is 0.250. The van der Waals surface area contributed by atoms with Gasteiger partial charge in [-0.3, -0.25) is 14.3 Å². The van der Waals surface area contributed by atoms with Crippen molar-refractivity contribution in [3.63, 3.8) is 0 Å². The van der Waals surface area contributed by atoms with Crippen molar-refractivity contribution >= 4 is 46.0 Å². The first-order chi connectivity index (χ1) is 18.6. The molecule has 1 aromatic carbocycles. The van der Waals surface area contributed by atoms with E-state index >= 15 is 4.39 Å². The number of carbonyl (C=O) groups is 2. The number of hydrogen-bond donors (Lipinski definition) is 2. The van der Waals surface area contributed by atoms with E-state index in [0.29, 0.717) is 40.4 Å². The minimum atomic E-state index is -0.659. The maximum atomic E-state index is 15.6. The van der Waals surface area contributed by atoms with Gasteiger partial charge >= 0.3 is 0 Å². The van der Waals surface area contributed by atoms with Gasteiger partial charge in [0.15, 0.2) is 0 Å². The number of nitrogens with one attached hydrogen (secondary N) is 1. The molecule has 9 nitrogen and oxygen atoms in total. The molecule has 39 heavy (non-hydrogen) atoms. The van der Waals surface area contributed by atoms with Crippen LogP contribution in [0.4, 0.5) is 16.0 Å². The Morgan fingerprint density at radius 2 is 2.03 bits per heavy atom. The van der Waals surface area contributed by atoms with E-state index in [4.69, 9.17) is 22.4 Å². The van der Waals surface area contributed by atoms with Crippen LogP contribution < -0.4 is 11.1 Å². The summed E-state index contributed by atoms with van der Waals surface area (Å²) in [6.45, 7) is 8.34. The van der Waals surface area contributed by atoms with Gasteiger partial charge < -0.3 is 16.0 Å². The molecule has 3 N–H and O–H groups in total. The molecule has 1 saturated heterocycles. The number of hydrogen-bond acceptors (Lipinski definition) is 6. The van der Waals surface area contributed by atoms with Crippen LogP contribution in [0.2, 0.25) is 5.02 Å². The first kappa shape index (κ1) is 26.3. The van der Waals surface area contributed by atoms with Gasteiger partial charge in [0.2, 0.25) is 5.91 Å². The summed E-state index contributed by atoms with van der Waals surface area (Å²) >= 11 is 6.57. The number of halogens is 2. The quantitative estimate of drug-likeness (QED) is 0.333. The van der Waals surface area contributed by atoms with Crippen LogP contribution >= 0.6 is 11.6 Å². The van der Waals surface area contributed by atoms with Gasteiger partial charge in [-0.1, -0.05) is 18.2 Å². The van der Waals surface area contributed by atoms with Crippen LogP contribution in [-0.2, 0) is 4.79 Å². The van der Waals surface area contributed by atoms with E-state index in [0.717, 1.165) is 24.5 Å². The summed E-state index contributed by atoms with van der Waals surface area (Å²) < 4.78 is 17.3. The van der Waals surface area contributed by atoms with Crippen LogP contribution in [0.1, 0.15) is 41.7 Å². The molecule has 200 valence electrons. The molecule has 0 radical (unpaired) electrons. The maximum Gasteiger partial charge on any atom is 0.256 e. The Hall–Kier alpha value is -4.31. The third kappa shape index (κ3) is 5.07. The summed E-state index contributed by atoms with van der Waals surface area (Å²) in [7, 11) is 0. The van der Waals surface area contributed by atoms with Crippen molar-refractivity contribution in [3.8, 4) is 11.3 Å². The Kier molecular flexibility index (Phi) is 7.05. The van der Waals surface area contributed by atoms with Crippen molar-refractivity contribution in [1.82, 2.24) is 24.6 Å². The lowest BCUT2D eigenvalue weighted by Crippen LogP contribution is -2.41. The van der Waals surface area contributed by atoms with E-state index in [9.17, 15) is 9.59 Å². The molecule has 0 saturated carbocycles. The maximum absolute atomic E-state index is 15.6. The van der Waals surface area contributed by atoms with E-state index in [1.54, 1.807) is 28.8 Å². The Balaban J connectivity index is 1.53. The van der Waals surface area contributed by atoms with E-state index < -0.39 is 11.7 Å². The average Bonchev–Trinajstić information content (AvgIpc) is 3.32. The van der Waals surface area contributed by atoms with Crippen molar-refractivity contribution in [2.75, 3.05) is 24.1 Å². The molecule has 1 aliphatic heterocycles. The molecular weight excluding hydrogens is 521 g/mol. The number of anilines is 2. The highest BCUT2D eigenvalue weighted by atomic mass is 35.5. The molecule has 4 heterocycles. The lowest BCUT2D eigenvalue weighted by Gasteiger charge is -2.33. The molecule has 11 heteroatoms. The molecule has 4 aromatic rings. The number of benzene rings is 1. The zero-order valence-corrected chi connectivity index (χ0v) is 22.3. The number of fused-ring (bicyclic) bond motifs is 1. The Bertz CT molecular complexity index is 1630. The zero-order chi connectivity index (χ0) is 27.8. The number of amides is 2. The number of aryl methyl sites for hydroxylation is 1. The van der Waals surface area contributed by atoms with Gasteiger partial charge in [-0.05, 0) is 62.6 Å². The number of nitrogen functional groups attached to an aromatic ring is 1. The molecule has 1 aliphatic rings. The number of piperidine rings is 1. The van der Waals surface area contributed by atoms with Gasteiger partial charge in [-0.15, -0.1) is 0 Å². The van der Waals surface area contributed by atoms with Gasteiger partial charge in [-0.2, -0.15) is 5.10 Å². The van der Waals surface area contributed by atoms with Gasteiger partial charge in [0, 0.05) is 36.0 Å². The molecule has 3 aromatic heterocycles. The second-order valence-electron chi connectivity index (χ2n) is 9.70. The number of likely N-dealkylation sites (tertiary alicyclic amines) is 1. The van der Waals surface area contributed by atoms with Crippen LogP contribution in [0.3, 0.4) is 0 Å². The van der Waals surface area contributed by atoms with Gasteiger partial charge in [-0.25, -0.2) is 14.4 Å². The molecule has 0 spiro atoms. The first-order valence-corrected chi connectivity index (χ1v) is 12.8. The summed E-state index contributed by atoms with van der Waals surface area (Å²) in [6.07, 6.45) is 4.51. The molecule has 0 aliphatic carbocycles. The summed E-state index contributed by atoms with van der Waals surface area (Å²) in [5.74, 6) is -0.761. The van der Waals surface area contributed by atoms with Gasteiger partial charge in [0.05, 0.1) is 28.2 Å². The largest absolute Gasteiger partial charge is 0.383 e. The summed E-state index contributed by atoms with van der Waals surface area (Å²) in [5, 5.41) is 8.15. The van der Waals surface area contributed by atoms with Crippen LogP contribution in [0.25, 0.3) is 22.2 Å². The average molecular weight is 548 g/mol. The van der Waals surface area contributed by atoms with Crippen LogP contribution in [0.15, 0.2) is 54.9 Å². The molecule has 1 atom stereocenters. The third-order valence-corrected chi connectivity index (χ3v) is 7.02. The number of rotatable bonds is 5. The van der Waals surface area contributed by atoms with E-state index in [1.165, 1.54) is 18.3 Å². The van der Waals surface area contributed by atoms with E-state index in [2.05, 4.69) is 21.9 Å². The molecular formula is C28H27ClFN7O2. The highest BCUT2D eigenvalue weighted by molar-refractivity contribution is 6.35. The fourth-order valence-corrected chi connectivity index (χ4v) is 5.09. The van der Waals surface area contributed by atoms with E-state index in [-0.39, 0.29) is 34.6 Å². The smallest absolute Gasteiger partial charge is 0.256 e. The topological polar surface area (TPSA) is 119 Å². The zero-order valence-electron chi connectivity index (χ0n) is 21.5. The minimum Gasteiger partial charge on any atom is -0.383 e. The van der Waals surface area contributed by atoms with Gasteiger partial charge in [0.25, 0.3) is 5.91 Å². The predicted octanol–water partition coefficient (Wildman–Crippen LogP) is 5.17. The van der Waals surface area contributed by atoms with Crippen LogP contribution in [0, 0.1) is 12.7 Å². The van der Waals surface area contributed by atoms with Crippen molar-refractivity contribution in [2.24, 2.45) is 0 Å². The third-order valence-electron chi connectivity index (χ3n) is 6.75. The Morgan fingerprint density at radius 1 is 1.23 bits per heavy atom. The van der Waals surface area contributed by atoms with Crippen molar-refractivity contribution in [2.45, 2.75) is 32.7 Å². The van der Waals surface area contributed by atoms with Crippen molar-refractivity contribution < 1.29 is 14.0 Å². The second kappa shape index (κ2) is 10.5. The molecule has 2 amide bonds. The SMILES string of the molecule is C=C(C)C(=O)N1CCC[C@@H](n2nc(-c3ccc(C(=O)Nc4cc(C)ccn4)cc3F)c3c(N)ncc(Cl)c32)C1. The lowest BCUT2D eigenvalue weighted by molar-refractivity contribution is -0.128. The summed E-state index contributed by atoms with van der Waals surface area (Å²) in [6, 6.07) is 7.45. The molecule has 0 unspecified atom stereocenters. The highest BCUT2D eigenvalue weighted by Gasteiger charge is 2.30. The number of nitrogens with two attached hydrogens (primary N) is 1. The molecule has 0 bridgehead atoms. The van der Waals surface area contributed by atoms with Crippen LogP contribution in [0.5, 0.6) is 0 Å². The van der Waals surface area contributed by atoms with E-state index in [1.807, 2.05) is 13.0 Å². The number of aromatic nitrogens is 4. The van der Waals surface area contributed by atoms with Crippen LogP contribution in [-0.4, -0.2) is 49.6 Å². The monoisotopic (exact) mass is 547 g/mol. The number of nitrogens with zero attached hydrogens (tertiary/aromatic N) is 5. The lowest BCUT2D eigenvalue weighted by atomic mass is 10.0. The van der Waals surface area contributed by atoms with Gasteiger partial charge in [0.1, 0.15) is 23.1 Å². The Labute approximate surface area is 229 Å². The first-order valence-electron chi connectivity index (χ1n) is 12.4. The Morgan fingerprint density at radius 3 is 2.74 bits per heavy atom. The minimum absolute atomic E-state index is 0.119. The second-order valence-corrected chi connectivity index (χ2v) is 10.1. The standard InChI is InChI=1S/C28H27ClFN7O2/c1-15(2)28(39)36-10-4-5-18(14-36)37-25-20(29)13-33-26(31)23(25)24(35-37)19-7-6-17(12-21(19)30)27(38)34-22-11-16(3)8-9-32-22/h6-9,11-13,18H,1,4-5,10,14H2,2-3H3,(H2,31,33)(H,32,34,38)/t18-/m1/s1. The summed E-state index contributed by atoms with van der Waals surface area (Å²) in [5.41, 5.74) is 8.67. The highest BCUT2D eigenvalue weighted by Crippen LogP contribution is 2.39. The van der Waals surface area contributed by atoms with Crippen molar-refractivity contribution in [3.05, 3.63) is 76.8 Å². The molecule has 1 fully saturated rings. The fourth-order valence-electron chi connectivity index (χ4n) is 4.86. The number of pyridine rings is 2. The summed E-state index contributed by atoms with van der Waals surface area (Å²) in [4.78, 5) is 35.4. The van der Waals surface area contributed by atoms with Crippen molar-refractivity contribution in [1.29, 1.82) is 0 Å². The molecule has 5 rings (SSSR count). The number of carbonyl (C=O) groups excluding carboxylic acids is 2. The predicted molar refractivity (Wildman–Crippen MR) is 149 cm³/mol.